The van der Waals surface area contributed by atoms with Gasteiger partial charge in [-0.15, -0.1) is 0 Å². The molecule has 1 aromatic rings. The van der Waals surface area contributed by atoms with Crippen LogP contribution in [-0.2, 0) is 6.54 Å². The zero-order valence-electron chi connectivity index (χ0n) is 12.2. The number of nitrogens with two attached hydrogens (primary N) is 1. The minimum absolute atomic E-state index is 0.0989. The lowest BCUT2D eigenvalue weighted by Crippen LogP contribution is -2.36. The molecule has 1 unspecified atom stereocenters. The van der Waals surface area contributed by atoms with Crippen LogP contribution in [0.25, 0.3) is 0 Å². The molecule has 0 radical (unpaired) electrons. The minimum atomic E-state index is -0.350. The standard InChI is InChI=1S/C15H22FN3O2/c1-10(20)11-4-6-19(7-5-11)9-13-3-2-12(8-14(13)16)15(17)18-21/h2-3,8,10-11,20-21H,4-7,9H2,1H3,(H2,17,18). The second-order valence-electron chi connectivity index (χ2n) is 5.65. The zero-order chi connectivity index (χ0) is 15.4. The predicted octanol–water partition coefficient (Wildman–Crippen LogP) is 1.51. The molecule has 1 aliphatic rings. The van der Waals surface area contributed by atoms with Gasteiger partial charge in [0.05, 0.1) is 6.10 Å². The summed E-state index contributed by atoms with van der Waals surface area (Å²) in [5.74, 6) is -0.107. The van der Waals surface area contributed by atoms with Gasteiger partial charge in [-0.1, -0.05) is 17.3 Å². The molecule has 6 heteroatoms. The van der Waals surface area contributed by atoms with Crippen molar-refractivity contribution in [2.45, 2.75) is 32.4 Å². The fraction of sp³-hybridized carbons (Fsp3) is 0.533. The summed E-state index contributed by atoms with van der Waals surface area (Å²) < 4.78 is 14.0. The Morgan fingerprint density at radius 2 is 2.14 bits per heavy atom. The lowest BCUT2D eigenvalue weighted by atomic mass is 9.92. The molecule has 0 bridgehead atoms. The van der Waals surface area contributed by atoms with Gasteiger partial charge in [0, 0.05) is 17.7 Å². The molecule has 5 nitrogen and oxygen atoms in total. The molecule has 0 aliphatic carbocycles. The van der Waals surface area contributed by atoms with E-state index in [1.807, 2.05) is 6.92 Å². The molecule has 0 spiro atoms. The van der Waals surface area contributed by atoms with Crippen LogP contribution in [0.15, 0.2) is 23.4 Å². The molecule has 1 fully saturated rings. The Kier molecular flexibility index (Phi) is 5.14. The SMILES string of the molecule is CC(O)C1CCN(Cc2ccc(/C(N)=N/O)cc2F)CC1. The third kappa shape index (κ3) is 3.92. The summed E-state index contributed by atoms with van der Waals surface area (Å²) in [5, 5.41) is 21.0. The summed E-state index contributed by atoms with van der Waals surface area (Å²) >= 11 is 0. The summed E-state index contributed by atoms with van der Waals surface area (Å²) in [6, 6.07) is 4.60. The maximum Gasteiger partial charge on any atom is 0.170 e. The van der Waals surface area contributed by atoms with Gasteiger partial charge in [0.25, 0.3) is 0 Å². The molecule has 116 valence electrons. The highest BCUT2D eigenvalue weighted by Crippen LogP contribution is 2.22. The molecule has 0 saturated carbocycles. The van der Waals surface area contributed by atoms with E-state index in [0.717, 1.165) is 25.9 Å². The van der Waals surface area contributed by atoms with Gasteiger partial charge >= 0.3 is 0 Å². The van der Waals surface area contributed by atoms with Crippen molar-refractivity contribution in [2.75, 3.05) is 13.1 Å². The Morgan fingerprint density at radius 1 is 1.48 bits per heavy atom. The van der Waals surface area contributed by atoms with Gasteiger partial charge in [-0.3, -0.25) is 4.90 Å². The summed E-state index contributed by atoms with van der Waals surface area (Å²) in [6.45, 7) is 4.08. The number of benzene rings is 1. The quantitative estimate of drug-likeness (QED) is 0.340. The molecule has 0 amide bonds. The van der Waals surface area contributed by atoms with Crippen molar-refractivity contribution in [2.24, 2.45) is 16.8 Å². The molecule has 0 aromatic heterocycles. The van der Waals surface area contributed by atoms with Crippen molar-refractivity contribution in [1.82, 2.24) is 4.90 Å². The number of aliphatic hydroxyl groups excluding tert-OH is 1. The third-order valence-corrected chi connectivity index (χ3v) is 4.16. The Bertz CT molecular complexity index is 512. The van der Waals surface area contributed by atoms with Crippen molar-refractivity contribution in [3.63, 3.8) is 0 Å². The molecule has 1 aromatic carbocycles. The summed E-state index contributed by atoms with van der Waals surface area (Å²) in [5.41, 5.74) is 6.40. The van der Waals surface area contributed by atoms with Gasteiger partial charge in [-0.25, -0.2) is 4.39 Å². The van der Waals surface area contributed by atoms with Gasteiger partial charge in [0.2, 0.25) is 0 Å². The molecule has 1 aliphatic heterocycles. The van der Waals surface area contributed by atoms with E-state index in [1.54, 1.807) is 12.1 Å². The number of hydrogen-bond donors (Lipinski definition) is 3. The number of amidine groups is 1. The number of oxime groups is 1. The van der Waals surface area contributed by atoms with Gasteiger partial charge in [-0.05, 0) is 44.8 Å². The van der Waals surface area contributed by atoms with Crippen LogP contribution in [0.5, 0.6) is 0 Å². The molecule has 21 heavy (non-hydrogen) atoms. The average molecular weight is 295 g/mol. The van der Waals surface area contributed by atoms with Crippen LogP contribution < -0.4 is 5.73 Å². The van der Waals surface area contributed by atoms with E-state index < -0.39 is 0 Å². The Hall–Kier alpha value is -1.66. The smallest absolute Gasteiger partial charge is 0.170 e. The molecular formula is C15H22FN3O2. The average Bonchev–Trinajstić information content (AvgIpc) is 2.49. The van der Waals surface area contributed by atoms with Crippen LogP contribution >= 0.6 is 0 Å². The lowest BCUT2D eigenvalue weighted by Gasteiger charge is -2.33. The summed E-state index contributed by atoms with van der Waals surface area (Å²) in [7, 11) is 0. The number of hydrogen-bond acceptors (Lipinski definition) is 4. The van der Waals surface area contributed by atoms with Crippen LogP contribution in [0.4, 0.5) is 4.39 Å². The van der Waals surface area contributed by atoms with Crippen LogP contribution in [0, 0.1) is 11.7 Å². The molecule has 1 heterocycles. The Labute approximate surface area is 123 Å². The number of rotatable bonds is 4. The minimum Gasteiger partial charge on any atom is -0.409 e. The van der Waals surface area contributed by atoms with E-state index in [4.69, 9.17) is 10.9 Å². The summed E-state index contributed by atoms with van der Waals surface area (Å²) in [6.07, 6.45) is 1.59. The molecule has 1 atom stereocenters. The van der Waals surface area contributed by atoms with E-state index in [-0.39, 0.29) is 17.8 Å². The van der Waals surface area contributed by atoms with Crippen molar-refractivity contribution in [3.8, 4) is 0 Å². The van der Waals surface area contributed by atoms with Crippen LogP contribution in [0.2, 0.25) is 0 Å². The monoisotopic (exact) mass is 295 g/mol. The molecule has 4 N–H and O–H groups in total. The maximum absolute atomic E-state index is 14.0. The Morgan fingerprint density at radius 3 is 2.67 bits per heavy atom. The maximum atomic E-state index is 14.0. The highest BCUT2D eigenvalue weighted by Gasteiger charge is 2.23. The third-order valence-electron chi connectivity index (χ3n) is 4.16. The number of piperidine rings is 1. The Balaban J connectivity index is 1.98. The fourth-order valence-corrected chi connectivity index (χ4v) is 2.73. The fourth-order valence-electron chi connectivity index (χ4n) is 2.73. The zero-order valence-corrected chi connectivity index (χ0v) is 12.2. The van der Waals surface area contributed by atoms with E-state index in [2.05, 4.69) is 10.1 Å². The van der Waals surface area contributed by atoms with Gasteiger partial charge in [0.1, 0.15) is 5.82 Å². The number of likely N-dealkylation sites (tertiary alicyclic amines) is 1. The van der Waals surface area contributed by atoms with Gasteiger partial charge in [-0.2, -0.15) is 0 Å². The van der Waals surface area contributed by atoms with Crippen LogP contribution in [0.1, 0.15) is 30.9 Å². The first kappa shape index (κ1) is 15.7. The van der Waals surface area contributed by atoms with Gasteiger partial charge < -0.3 is 16.0 Å². The first-order valence-corrected chi connectivity index (χ1v) is 7.18. The van der Waals surface area contributed by atoms with E-state index in [1.165, 1.54) is 6.07 Å². The molecule has 2 rings (SSSR count). The lowest BCUT2D eigenvalue weighted by molar-refractivity contribution is 0.0692. The van der Waals surface area contributed by atoms with E-state index >= 15 is 0 Å². The van der Waals surface area contributed by atoms with Crippen LogP contribution in [-0.4, -0.2) is 40.2 Å². The molecular weight excluding hydrogens is 273 g/mol. The van der Waals surface area contributed by atoms with E-state index in [0.29, 0.717) is 23.6 Å². The molecule has 1 saturated heterocycles. The predicted molar refractivity (Wildman–Crippen MR) is 78.6 cm³/mol. The highest BCUT2D eigenvalue weighted by atomic mass is 19.1. The van der Waals surface area contributed by atoms with Crippen molar-refractivity contribution in [3.05, 3.63) is 35.1 Å². The van der Waals surface area contributed by atoms with Gasteiger partial charge in [0.15, 0.2) is 5.84 Å². The topological polar surface area (TPSA) is 82.1 Å². The number of aliphatic hydroxyl groups is 1. The first-order chi connectivity index (χ1) is 10.0. The van der Waals surface area contributed by atoms with Crippen molar-refractivity contribution in [1.29, 1.82) is 0 Å². The van der Waals surface area contributed by atoms with Crippen molar-refractivity contribution >= 4 is 5.84 Å². The largest absolute Gasteiger partial charge is 0.409 e. The first-order valence-electron chi connectivity index (χ1n) is 7.18. The van der Waals surface area contributed by atoms with E-state index in [9.17, 15) is 9.50 Å². The van der Waals surface area contributed by atoms with Crippen LogP contribution in [0.3, 0.4) is 0 Å². The second kappa shape index (κ2) is 6.87. The number of nitrogens with zero attached hydrogens (tertiary/aromatic N) is 2. The highest BCUT2D eigenvalue weighted by molar-refractivity contribution is 5.97. The number of halogens is 1. The summed E-state index contributed by atoms with van der Waals surface area (Å²) in [4.78, 5) is 2.18. The second-order valence-corrected chi connectivity index (χ2v) is 5.65. The van der Waals surface area contributed by atoms with Crippen molar-refractivity contribution < 1.29 is 14.7 Å². The normalized spacial score (nSPS) is 19.7.